The zero-order valence-electron chi connectivity index (χ0n) is 14.0. The summed E-state index contributed by atoms with van der Waals surface area (Å²) in [7, 11) is 1.67. The van der Waals surface area contributed by atoms with Crippen LogP contribution in [0.5, 0.6) is 0 Å². The number of aliphatic imine (C=N–C) groups is 1. The van der Waals surface area contributed by atoms with Gasteiger partial charge < -0.3 is 15.8 Å². The highest BCUT2D eigenvalue weighted by Crippen LogP contribution is 2.27. The summed E-state index contributed by atoms with van der Waals surface area (Å²) in [6.45, 7) is 5.43. The van der Waals surface area contributed by atoms with Gasteiger partial charge in [0.15, 0.2) is 5.96 Å². The molecule has 128 valence electrons. The minimum Gasteiger partial charge on any atom is -0.383 e. The maximum Gasteiger partial charge on any atom is 0.188 e. The van der Waals surface area contributed by atoms with E-state index in [2.05, 4.69) is 21.3 Å². The Morgan fingerprint density at radius 3 is 2.83 bits per heavy atom. The summed E-state index contributed by atoms with van der Waals surface area (Å²) in [5.74, 6) is 0.459. The number of benzene rings is 1. The minimum atomic E-state index is 0.139. The summed E-state index contributed by atoms with van der Waals surface area (Å²) >= 11 is 6.16. The lowest BCUT2D eigenvalue weighted by Crippen LogP contribution is -2.41. The van der Waals surface area contributed by atoms with Gasteiger partial charge in [-0.2, -0.15) is 0 Å². The van der Waals surface area contributed by atoms with Crippen molar-refractivity contribution in [2.45, 2.75) is 31.8 Å². The molecule has 0 bridgehead atoms. The first-order chi connectivity index (χ1) is 11.1. The Labute approximate surface area is 143 Å². The van der Waals surface area contributed by atoms with Crippen LogP contribution in [0.15, 0.2) is 29.3 Å². The van der Waals surface area contributed by atoms with Crippen molar-refractivity contribution >= 4 is 17.6 Å². The van der Waals surface area contributed by atoms with Crippen molar-refractivity contribution in [3.8, 4) is 0 Å². The van der Waals surface area contributed by atoms with Gasteiger partial charge in [-0.3, -0.25) is 9.89 Å². The Bertz CT molecular complexity index is 517. The highest BCUT2D eigenvalue weighted by Gasteiger charge is 2.23. The second-order valence-corrected chi connectivity index (χ2v) is 6.48. The number of rotatable bonds is 7. The van der Waals surface area contributed by atoms with Crippen molar-refractivity contribution in [2.24, 2.45) is 10.7 Å². The van der Waals surface area contributed by atoms with Crippen LogP contribution in [0, 0.1) is 0 Å². The van der Waals surface area contributed by atoms with Gasteiger partial charge in [0.05, 0.1) is 19.2 Å². The molecule has 3 N–H and O–H groups in total. The Kier molecular flexibility index (Phi) is 7.15. The number of halogens is 1. The van der Waals surface area contributed by atoms with Crippen LogP contribution in [0.25, 0.3) is 0 Å². The van der Waals surface area contributed by atoms with Crippen LogP contribution >= 0.6 is 11.6 Å². The van der Waals surface area contributed by atoms with Crippen molar-refractivity contribution in [3.05, 3.63) is 34.9 Å². The number of hydrogen-bond donors (Lipinski definition) is 2. The van der Waals surface area contributed by atoms with E-state index in [1.807, 2.05) is 25.1 Å². The molecule has 0 spiro atoms. The number of methoxy groups -OCH3 is 1. The molecule has 1 aromatic rings. The molecule has 2 rings (SSSR count). The number of ether oxygens (including phenoxy) is 1. The largest absolute Gasteiger partial charge is 0.383 e. The van der Waals surface area contributed by atoms with E-state index >= 15 is 0 Å². The molecule has 23 heavy (non-hydrogen) atoms. The maximum atomic E-state index is 6.16. The van der Waals surface area contributed by atoms with Gasteiger partial charge in [0.25, 0.3) is 0 Å². The van der Waals surface area contributed by atoms with Crippen LogP contribution in [0.2, 0.25) is 5.02 Å². The molecule has 2 unspecified atom stereocenters. The molecule has 0 saturated carbocycles. The first-order valence-corrected chi connectivity index (χ1v) is 8.53. The lowest BCUT2D eigenvalue weighted by Gasteiger charge is -2.27. The third kappa shape index (κ3) is 5.68. The SMILES string of the molecule is COCC(C)NC(N)=NCC(c1cccc(Cl)c1)N1CCCC1. The summed E-state index contributed by atoms with van der Waals surface area (Å²) in [5, 5.41) is 3.91. The Balaban J connectivity index is 2.06. The molecule has 2 atom stereocenters. The van der Waals surface area contributed by atoms with Crippen LogP contribution < -0.4 is 11.1 Å². The summed E-state index contributed by atoms with van der Waals surface area (Å²) in [4.78, 5) is 7.00. The van der Waals surface area contributed by atoms with Crippen molar-refractivity contribution in [2.75, 3.05) is 33.4 Å². The summed E-state index contributed by atoms with van der Waals surface area (Å²) in [5.41, 5.74) is 7.19. The van der Waals surface area contributed by atoms with Crippen molar-refractivity contribution < 1.29 is 4.74 Å². The monoisotopic (exact) mass is 338 g/mol. The number of nitrogens with two attached hydrogens (primary N) is 1. The first-order valence-electron chi connectivity index (χ1n) is 8.15. The molecule has 6 heteroatoms. The standard InChI is InChI=1S/C17H27ClN4O/c1-13(12-23-2)21-17(19)20-11-16(22-8-3-4-9-22)14-6-5-7-15(18)10-14/h5-7,10,13,16H,3-4,8-9,11-12H2,1-2H3,(H3,19,20,21). The number of guanidine groups is 1. The zero-order valence-corrected chi connectivity index (χ0v) is 14.7. The van der Waals surface area contributed by atoms with Crippen LogP contribution in [0.4, 0.5) is 0 Å². The predicted octanol–water partition coefficient (Wildman–Crippen LogP) is 2.42. The van der Waals surface area contributed by atoms with E-state index in [1.165, 1.54) is 18.4 Å². The van der Waals surface area contributed by atoms with Gasteiger partial charge in [0, 0.05) is 18.2 Å². The van der Waals surface area contributed by atoms with Crippen LogP contribution in [-0.2, 0) is 4.74 Å². The van der Waals surface area contributed by atoms with Gasteiger partial charge >= 0.3 is 0 Å². The van der Waals surface area contributed by atoms with E-state index in [-0.39, 0.29) is 12.1 Å². The highest BCUT2D eigenvalue weighted by molar-refractivity contribution is 6.30. The van der Waals surface area contributed by atoms with E-state index in [9.17, 15) is 0 Å². The molecule has 0 aliphatic carbocycles. The molecule has 5 nitrogen and oxygen atoms in total. The average Bonchev–Trinajstić information content (AvgIpc) is 3.02. The fourth-order valence-corrected chi connectivity index (χ4v) is 3.17. The van der Waals surface area contributed by atoms with Gasteiger partial charge in [-0.25, -0.2) is 0 Å². The van der Waals surface area contributed by atoms with Crippen molar-refractivity contribution in [1.82, 2.24) is 10.2 Å². The molecular formula is C17H27ClN4O. The van der Waals surface area contributed by atoms with Gasteiger partial charge in [-0.1, -0.05) is 23.7 Å². The average molecular weight is 339 g/mol. The molecule has 1 heterocycles. The molecule has 0 radical (unpaired) electrons. The Hall–Kier alpha value is -1.30. The molecule has 1 aromatic carbocycles. The topological polar surface area (TPSA) is 62.9 Å². The van der Waals surface area contributed by atoms with E-state index in [4.69, 9.17) is 22.1 Å². The number of likely N-dealkylation sites (tertiary alicyclic amines) is 1. The van der Waals surface area contributed by atoms with Crippen LogP contribution in [0.3, 0.4) is 0 Å². The summed E-state index contributed by atoms with van der Waals surface area (Å²) in [6.07, 6.45) is 2.47. The second-order valence-electron chi connectivity index (χ2n) is 6.04. The zero-order chi connectivity index (χ0) is 16.7. The lowest BCUT2D eigenvalue weighted by molar-refractivity contribution is 0.179. The smallest absolute Gasteiger partial charge is 0.188 e. The molecule has 0 aromatic heterocycles. The summed E-state index contributed by atoms with van der Waals surface area (Å²) < 4.78 is 5.10. The second kappa shape index (κ2) is 9.11. The number of nitrogens with one attached hydrogen (secondary N) is 1. The van der Waals surface area contributed by atoms with E-state index in [1.54, 1.807) is 7.11 Å². The maximum absolute atomic E-state index is 6.16. The van der Waals surface area contributed by atoms with Gasteiger partial charge in [0.1, 0.15) is 0 Å². The van der Waals surface area contributed by atoms with Gasteiger partial charge in [-0.15, -0.1) is 0 Å². The van der Waals surface area contributed by atoms with Crippen molar-refractivity contribution in [1.29, 1.82) is 0 Å². The molecule has 1 aliphatic rings. The van der Waals surface area contributed by atoms with E-state index < -0.39 is 0 Å². The predicted molar refractivity (Wildman–Crippen MR) is 96.0 cm³/mol. The number of hydrogen-bond acceptors (Lipinski definition) is 3. The lowest BCUT2D eigenvalue weighted by atomic mass is 10.1. The normalized spacial score (nSPS) is 18.8. The molecule has 1 saturated heterocycles. The van der Waals surface area contributed by atoms with Crippen molar-refractivity contribution in [3.63, 3.8) is 0 Å². The number of nitrogens with zero attached hydrogens (tertiary/aromatic N) is 2. The van der Waals surface area contributed by atoms with Gasteiger partial charge in [0.2, 0.25) is 0 Å². The molecule has 1 fully saturated rings. The van der Waals surface area contributed by atoms with Crippen LogP contribution in [0.1, 0.15) is 31.4 Å². The highest BCUT2D eigenvalue weighted by atomic mass is 35.5. The molecule has 0 amide bonds. The fourth-order valence-electron chi connectivity index (χ4n) is 2.97. The first kappa shape index (κ1) is 18.0. The Morgan fingerprint density at radius 2 is 2.17 bits per heavy atom. The summed E-state index contributed by atoms with van der Waals surface area (Å²) in [6, 6.07) is 8.39. The van der Waals surface area contributed by atoms with Crippen LogP contribution in [-0.4, -0.2) is 50.3 Å². The molecule has 1 aliphatic heterocycles. The van der Waals surface area contributed by atoms with Gasteiger partial charge in [-0.05, 0) is 50.6 Å². The quantitative estimate of drug-likeness (QED) is 0.592. The Morgan fingerprint density at radius 1 is 1.43 bits per heavy atom. The minimum absolute atomic E-state index is 0.139. The third-order valence-corrected chi connectivity index (χ3v) is 4.30. The van der Waals surface area contributed by atoms with E-state index in [0.717, 1.165) is 18.1 Å². The fraction of sp³-hybridized carbons (Fsp3) is 0.588. The third-order valence-electron chi connectivity index (χ3n) is 4.06. The van der Waals surface area contributed by atoms with E-state index in [0.29, 0.717) is 19.1 Å². The molecular weight excluding hydrogens is 312 g/mol.